The first-order chi connectivity index (χ1) is 7.13. The number of rotatable bonds is 4. The largest absolute Gasteiger partial charge is 1.00 e. The van der Waals surface area contributed by atoms with Crippen molar-refractivity contribution in [2.45, 2.75) is 13.5 Å². The van der Waals surface area contributed by atoms with E-state index >= 15 is 0 Å². The van der Waals surface area contributed by atoms with Crippen LogP contribution < -0.4 is 61.4 Å². The summed E-state index contributed by atoms with van der Waals surface area (Å²) in [6.45, 7) is 1.37. The van der Waals surface area contributed by atoms with E-state index in [1.165, 1.54) is 25.5 Å². The molecule has 0 heterocycles. The summed E-state index contributed by atoms with van der Waals surface area (Å²) in [5, 5.41) is 2.27. The molecule has 1 aromatic carbocycles. The second-order valence-electron chi connectivity index (χ2n) is 2.81. The van der Waals surface area contributed by atoms with Crippen LogP contribution in [-0.4, -0.2) is 12.4 Å². The summed E-state index contributed by atoms with van der Waals surface area (Å²) < 4.78 is 17.8. The number of nitrogens with one attached hydrogen (secondary N) is 1. The van der Waals surface area contributed by atoms with Gasteiger partial charge in [0.1, 0.15) is 0 Å². The van der Waals surface area contributed by atoms with Gasteiger partial charge in [0.25, 0.3) is 0 Å². The van der Waals surface area contributed by atoms with Crippen molar-refractivity contribution in [2.75, 3.05) is 0 Å². The van der Waals surface area contributed by atoms with Crippen LogP contribution in [0.4, 0.5) is 4.39 Å². The Kier molecular flexibility index (Phi) is 7.78. The van der Waals surface area contributed by atoms with Gasteiger partial charge >= 0.3 is 57.4 Å². The van der Waals surface area contributed by atoms with E-state index in [4.69, 9.17) is 0 Å². The number of benzene rings is 1. The van der Waals surface area contributed by atoms with Crippen molar-refractivity contribution < 1.29 is 70.1 Å². The Labute approximate surface area is 135 Å². The Morgan fingerprint density at radius 1 is 1.56 bits per heavy atom. The third kappa shape index (κ3) is 5.18. The summed E-state index contributed by atoms with van der Waals surface area (Å²) in [4.78, 5) is 20.4. The van der Waals surface area contributed by atoms with E-state index in [2.05, 4.69) is 10.1 Å². The van der Waals surface area contributed by atoms with Crippen LogP contribution in [0.25, 0.3) is 0 Å². The van der Waals surface area contributed by atoms with Crippen LogP contribution in [0.15, 0.2) is 18.2 Å². The summed E-state index contributed by atoms with van der Waals surface area (Å²) in [6, 6.07) is 4.06. The topological polar surface area (TPSA) is 55.4 Å². The Balaban J connectivity index is 0.00000225. The molecule has 80 valence electrons. The quantitative estimate of drug-likeness (QED) is 0.219. The van der Waals surface area contributed by atoms with Crippen molar-refractivity contribution in [1.29, 1.82) is 0 Å². The number of amides is 1. The molecule has 0 aromatic heterocycles. The average Bonchev–Trinajstić information content (AvgIpc) is 2.18. The number of carbonyl (C=O) groups is 1. The second-order valence-corrected chi connectivity index (χ2v) is 2.81. The van der Waals surface area contributed by atoms with Gasteiger partial charge in [-0.3, -0.25) is 4.79 Å². The normalized spacial score (nSPS) is 8.88. The predicted octanol–water partition coefficient (Wildman–Crippen LogP) is -2.09. The van der Waals surface area contributed by atoms with Crippen molar-refractivity contribution >= 4 is 12.4 Å². The smallest absolute Gasteiger partial charge is 0.526 e. The SMILES string of the molecule is CC(=O)Oc1ccc(CN[C-]=O)cc1F.[K+]. The number of hydrogen-bond acceptors (Lipinski definition) is 3. The Morgan fingerprint density at radius 2 is 2.25 bits per heavy atom. The van der Waals surface area contributed by atoms with Crippen LogP contribution in [0.3, 0.4) is 0 Å². The number of halogens is 1. The molecule has 0 bridgehead atoms. The fraction of sp³-hybridized carbons (Fsp3) is 0.200. The van der Waals surface area contributed by atoms with Gasteiger partial charge < -0.3 is 14.8 Å². The number of carbonyl (C=O) groups excluding carboxylic acids is 2. The maximum Gasteiger partial charge on any atom is 1.00 e. The summed E-state index contributed by atoms with van der Waals surface area (Å²) in [5.41, 5.74) is 0.562. The molecule has 0 aliphatic rings. The molecular formula is C10H9FKNO3. The average molecular weight is 249 g/mol. The minimum Gasteiger partial charge on any atom is -0.526 e. The first-order valence-corrected chi connectivity index (χ1v) is 4.20. The molecule has 1 amide bonds. The Bertz CT molecular complexity index is 384. The van der Waals surface area contributed by atoms with Crippen LogP contribution in [0, 0.1) is 5.82 Å². The molecule has 4 nitrogen and oxygen atoms in total. The van der Waals surface area contributed by atoms with Crippen LogP contribution in [0.5, 0.6) is 5.75 Å². The minimum atomic E-state index is -0.643. The van der Waals surface area contributed by atoms with Crippen molar-refractivity contribution in [3.8, 4) is 5.75 Å². The van der Waals surface area contributed by atoms with Crippen LogP contribution in [0.1, 0.15) is 12.5 Å². The molecule has 1 N–H and O–H groups in total. The van der Waals surface area contributed by atoms with Gasteiger partial charge in [-0.1, -0.05) is 6.07 Å². The Morgan fingerprint density at radius 3 is 2.75 bits per heavy atom. The van der Waals surface area contributed by atoms with E-state index < -0.39 is 11.8 Å². The summed E-state index contributed by atoms with van der Waals surface area (Å²) in [5.74, 6) is -1.35. The third-order valence-corrected chi connectivity index (χ3v) is 1.61. The van der Waals surface area contributed by atoms with Gasteiger partial charge in [0.15, 0.2) is 11.6 Å². The first kappa shape index (κ1) is 15.7. The molecule has 0 atom stereocenters. The fourth-order valence-electron chi connectivity index (χ4n) is 1.03. The minimum absolute atomic E-state index is 0. The molecule has 6 heteroatoms. The van der Waals surface area contributed by atoms with Gasteiger partial charge in [0, 0.05) is 13.5 Å². The van der Waals surface area contributed by atoms with Crippen molar-refractivity contribution in [2.24, 2.45) is 0 Å². The zero-order valence-corrected chi connectivity index (χ0v) is 12.2. The molecule has 1 aromatic rings. The molecule has 1 rings (SSSR count). The van der Waals surface area contributed by atoms with Gasteiger partial charge in [0.05, 0.1) is 0 Å². The first-order valence-electron chi connectivity index (χ1n) is 4.20. The molecule has 0 aliphatic carbocycles. The van der Waals surface area contributed by atoms with Gasteiger partial charge in [0.2, 0.25) is 0 Å². The number of ether oxygens (including phenoxy) is 1. The van der Waals surface area contributed by atoms with E-state index in [1.54, 1.807) is 6.07 Å². The summed E-state index contributed by atoms with van der Waals surface area (Å²) in [6.07, 6.45) is 1.47. The summed E-state index contributed by atoms with van der Waals surface area (Å²) >= 11 is 0. The van der Waals surface area contributed by atoms with Gasteiger partial charge in [-0.25, -0.2) is 4.39 Å². The number of hydrogen-bond donors (Lipinski definition) is 1. The maximum absolute atomic E-state index is 13.2. The van der Waals surface area contributed by atoms with Gasteiger partial charge in [-0.15, -0.1) is 0 Å². The maximum atomic E-state index is 13.2. The molecule has 0 aliphatic heterocycles. The van der Waals surface area contributed by atoms with Crippen molar-refractivity contribution in [3.63, 3.8) is 0 Å². The van der Waals surface area contributed by atoms with Gasteiger partial charge in [-0.2, -0.15) is 6.41 Å². The third-order valence-electron chi connectivity index (χ3n) is 1.61. The molecule has 0 unspecified atom stereocenters. The molecule has 0 spiro atoms. The molecule has 0 saturated carbocycles. The fourth-order valence-corrected chi connectivity index (χ4v) is 1.03. The van der Waals surface area contributed by atoms with Gasteiger partial charge in [-0.05, 0) is 17.7 Å². The molecule has 0 fully saturated rings. The van der Waals surface area contributed by atoms with E-state index in [-0.39, 0.29) is 63.7 Å². The predicted molar refractivity (Wildman–Crippen MR) is 50.2 cm³/mol. The van der Waals surface area contributed by atoms with E-state index in [1.807, 2.05) is 0 Å². The zero-order valence-electron chi connectivity index (χ0n) is 9.04. The van der Waals surface area contributed by atoms with E-state index in [0.29, 0.717) is 5.56 Å². The van der Waals surface area contributed by atoms with Crippen LogP contribution >= 0.6 is 0 Å². The molecule has 0 radical (unpaired) electrons. The second kappa shape index (κ2) is 7.91. The molecular weight excluding hydrogens is 240 g/mol. The number of esters is 1. The zero-order chi connectivity index (χ0) is 11.3. The van der Waals surface area contributed by atoms with E-state index in [9.17, 15) is 14.0 Å². The van der Waals surface area contributed by atoms with Crippen molar-refractivity contribution in [1.82, 2.24) is 5.32 Å². The van der Waals surface area contributed by atoms with Crippen LogP contribution in [-0.2, 0) is 16.1 Å². The van der Waals surface area contributed by atoms with Crippen LogP contribution in [0.2, 0.25) is 0 Å². The standard InChI is InChI=1S/C10H9FNO3.K/c1-7(14)15-10-3-2-8(4-9(10)11)5-12-6-13;/h2-4H,5H2,1H3,(H,12,13);/q-1;+1. The van der Waals surface area contributed by atoms with E-state index in [0.717, 1.165) is 0 Å². The monoisotopic (exact) mass is 249 g/mol. The molecule has 16 heavy (non-hydrogen) atoms. The summed E-state index contributed by atoms with van der Waals surface area (Å²) in [7, 11) is 0. The molecule has 0 saturated heterocycles. The Hall–Kier alpha value is -0.274. The van der Waals surface area contributed by atoms with Crippen molar-refractivity contribution in [3.05, 3.63) is 29.6 Å².